The lowest BCUT2D eigenvalue weighted by Gasteiger charge is -2.20. The number of nitrogens with zero attached hydrogens (tertiary/aromatic N) is 2. The number of halogens is 1. The van der Waals surface area contributed by atoms with Gasteiger partial charge >= 0.3 is 0 Å². The fourth-order valence-electron chi connectivity index (χ4n) is 1.52. The summed E-state index contributed by atoms with van der Waals surface area (Å²) in [4.78, 5) is 6.57. The third kappa shape index (κ3) is 5.05. The highest BCUT2D eigenvalue weighted by molar-refractivity contribution is 9.10. The van der Waals surface area contributed by atoms with Crippen molar-refractivity contribution in [1.82, 2.24) is 9.88 Å². The molecule has 0 fully saturated rings. The van der Waals surface area contributed by atoms with Gasteiger partial charge in [-0.1, -0.05) is 13.3 Å². The maximum Gasteiger partial charge on any atom is 0.0558 e. The molecule has 0 spiro atoms. The van der Waals surface area contributed by atoms with Crippen LogP contribution in [0.3, 0.4) is 0 Å². The van der Waals surface area contributed by atoms with Crippen LogP contribution in [0.2, 0.25) is 0 Å². The molecule has 0 amide bonds. The molecule has 1 aromatic heterocycles. The highest BCUT2D eigenvalue weighted by Gasteiger charge is 2.05. The van der Waals surface area contributed by atoms with Gasteiger partial charge in [-0.25, -0.2) is 0 Å². The Kier molecular flexibility index (Phi) is 6.61. The van der Waals surface area contributed by atoms with Crippen molar-refractivity contribution in [1.29, 1.82) is 0 Å². The van der Waals surface area contributed by atoms with Gasteiger partial charge in [-0.05, 0) is 41.0 Å². The zero-order valence-corrected chi connectivity index (χ0v) is 11.3. The molecule has 0 saturated carbocycles. The molecule has 1 aromatic rings. The second kappa shape index (κ2) is 7.76. The molecule has 0 aliphatic rings. The number of aromatic nitrogens is 1. The van der Waals surface area contributed by atoms with Crippen LogP contribution in [0, 0.1) is 0 Å². The van der Waals surface area contributed by atoms with Gasteiger partial charge in [0.15, 0.2) is 0 Å². The molecule has 0 saturated heterocycles. The summed E-state index contributed by atoms with van der Waals surface area (Å²) in [5.41, 5.74) is 1.05. The molecule has 0 unspecified atom stereocenters. The molecule has 0 aromatic carbocycles. The summed E-state index contributed by atoms with van der Waals surface area (Å²) < 4.78 is 0.999. The van der Waals surface area contributed by atoms with E-state index in [1.807, 2.05) is 18.3 Å². The molecule has 0 aliphatic carbocycles. The summed E-state index contributed by atoms with van der Waals surface area (Å²) in [5, 5.41) is 8.99. The van der Waals surface area contributed by atoms with Crippen LogP contribution in [0.5, 0.6) is 0 Å². The van der Waals surface area contributed by atoms with Gasteiger partial charge in [0, 0.05) is 23.8 Å². The van der Waals surface area contributed by atoms with Gasteiger partial charge in [0.25, 0.3) is 0 Å². The smallest absolute Gasteiger partial charge is 0.0558 e. The first-order chi connectivity index (χ1) is 7.76. The van der Waals surface area contributed by atoms with Crippen molar-refractivity contribution in [2.24, 2.45) is 0 Å². The molecule has 1 rings (SSSR count). The van der Waals surface area contributed by atoms with E-state index in [2.05, 4.69) is 32.7 Å². The van der Waals surface area contributed by atoms with Gasteiger partial charge in [0.2, 0.25) is 0 Å². The van der Waals surface area contributed by atoms with Crippen molar-refractivity contribution in [2.45, 2.75) is 26.3 Å². The van der Waals surface area contributed by atoms with Crippen molar-refractivity contribution in [3.63, 3.8) is 0 Å². The highest BCUT2D eigenvalue weighted by atomic mass is 79.9. The monoisotopic (exact) mass is 286 g/mol. The summed E-state index contributed by atoms with van der Waals surface area (Å²) in [6.07, 6.45) is 4.15. The van der Waals surface area contributed by atoms with Crippen LogP contribution < -0.4 is 0 Å². The molecule has 0 atom stereocenters. The van der Waals surface area contributed by atoms with Crippen LogP contribution in [0.4, 0.5) is 0 Å². The average Bonchev–Trinajstić information content (AvgIpc) is 2.29. The summed E-state index contributed by atoms with van der Waals surface area (Å²) in [6.45, 7) is 4.94. The topological polar surface area (TPSA) is 36.4 Å². The minimum Gasteiger partial charge on any atom is -0.395 e. The first-order valence-corrected chi connectivity index (χ1v) is 6.49. The quantitative estimate of drug-likeness (QED) is 0.836. The molecule has 1 heterocycles. The standard InChI is InChI=1S/C12H19BrN2O/c1-2-3-6-15(7-8-16)10-12-5-4-11(13)9-14-12/h4-5,9,16H,2-3,6-8,10H2,1H3. The number of aliphatic hydroxyl groups excluding tert-OH is 1. The summed E-state index contributed by atoms with van der Waals surface area (Å²) >= 11 is 3.37. The second-order valence-electron chi connectivity index (χ2n) is 3.82. The van der Waals surface area contributed by atoms with Gasteiger partial charge in [-0.3, -0.25) is 9.88 Å². The molecule has 0 aliphatic heterocycles. The Morgan fingerprint density at radius 3 is 2.75 bits per heavy atom. The van der Waals surface area contributed by atoms with Crippen LogP contribution in [-0.2, 0) is 6.54 Å². The molecule has 90 valence electrons. The predicted octanol–water partition coefficient (Wildman–Crippen LogP) is 2.44. The third-order valence-electron chi connectivity index (χ3n) is 2.42. The Morgan fingerprint density at radius 1 is 1.38 bits per heavy atom. The van der Waals surface area contributed by atoms with Crippen LogP contribution in [0.15, 0.2) is 22.8 Å². The highest BCUT2D eigenvalue weighted by Crippen LogP contribution is 2.09. The summed E-state index contributed by atoms with van der Waals surface area (Å²) in [7, 11) is 0. The number of rotatable bonds is 7. The first-order valence-electron chi connectivity index (χ1n) is 5.70. The van der Waals surface area contributed by atoms with Gasteiger partial charge in [-0.2, -0.15) is 0 Å². The Morgan fingerprint density at radius 2 is 2.19 bits per heavy atom. The molecule has 4 heteroatoms. The average molecular weight is 287 g/mol. The Balaban J connectivity index is 2.49. The van der Waals surface area contributed by atoms with E-state index in [4.69, 9.17) is 5.11 Å². The van der Waals surface area contributed by atoms with E-state index >= 15 is 0 Å². The zero-order valence-electron chi connectivity index (χ0n) is 9.69. The summed E-state index contributed by atoms with van der Waals surface area (Å²) in [6, 6.07) is 4.01. The van der Waals surface area contributed by atoms with Crippen LogP contribution in [0.1, 0.15) is 25.5 Å². The number of aliphatic hydroxyl groups is 1. The number of unbranched alkanes of at least 4 members (excludes halogenated alkanes) is 1. The normalized spacial score (nSPS) is 11.0. The molecule has 16 heavy (non-hydrogen) atoms. The van der Waals surface area contributed by atoms with Crippen LogP contribution in [0.25, 0.3) is 0 Å². The lowest BCUT2D eigenvalue weighted by molar-refractivity contribution is 0.187. The molecule has 3 nitrogen and oxygen atoms in total. The third-order valence-corrected chi connectivity index (χ3v) is 2.89. The maximum absolute atomic E-state index is 8.99. The van der Waals surface area contributed by atoms with Crippen LogP contribution >= 0.6 is 15.9 Å². The zero-order chi connectivity index (χ0) is 11.8. The lowest BCUT2D eigenvalue weighted by atomic mass is 10.3. The predicted molar refractivity (Wildman–Crippen MR) is 69.2 cm³/mol. The van der Waals surface area contributed by atoms with E-state index in [-0.39, 0.29) is 6.61 Å². The van der Waals surface area contributed by atoms with E-state index in [1.54, 1.807) is 0 Å². The number of hydrogen-bond donors (Lipinski definition) is 1. The molecule has 0 radical (unpaired) electrons. The Labute approximate surface area is 106 Å². The van der Waals surface area contributed by atoms with Gasteiger partial charge in [0.05, 0.1) is 12.3 Å². The fraction of sp³-hybridized carbons (Fsp3) is 0.583. The Bertz CT molecular complexity index is 290. The SMILES string of the molecule is CCCCN(CCO)Cc1ccc(Br)cn1. The number of hydrogen-bond acceptors (Lipinski definition) is 3. The van der Waals surface area contributed by atoms with E-state index in [1.165, 1.54) is 6.42 Å². The van der Waals surface area contributed by atoms with Crippen molar-refractivity contribution < 1.29 is 5.11 Å². The minimum atomic E-state index is 0.209. The molecular weight excluding hydrogens is 268 g/mol. The Hall–Kier alpha value is -0.450. The van der Waals surface area contributed by atoms with Crippen molar-refractivity contribution in [3.05, 3.63) is 28.5 Å². The fourth-order valence-corrected chi connectivity index (χ4v) is 1.76. The van der Waals surface area contributed by atoms with Gasteiger partial charge in [-0.15, -0.1) is 0 Å². The minimum absolute atomic E-state index is 0.209. The van der Waals surface area contributed by atoms with Gasteiger partial charge < -0.3 is 5.11 Å². The van der Waals surface area contributed by atoms with E-state index in [9.17, 15) is 0 Å². The number of pyridine rings is 1. The van der Waals surface area contributed by atoms with Crippen LogP contribution in [-0.4, -0.2) is 34.7 Å². The first kappa shape index (κ1) is 13.6. The molecule has 1 N–H and O–H groups in total. The van der Waals surface area contributed by atoms with E-state index in [0.29, 0.717) is 0 Å². The summed E-state index contributed by atoms with van der Waals surface area (Å²) in [5.74, 6) is 0. The van der Waals surface area contributed by atoms with Crippen molar-refractivity contribution >= 4 is 15.9 Å². The largest absolute Gasteiger partial charge is 0.395 e. The van der Waals surface area contributed by atoms with Crippen molar-refractivity contribution in [3.8, 4) is 0 Å². The maximum atomic E-state index is 8.99. The van der Waals surface area contributed by atoms with E-state index in [0.717, 1.165) is 36.2 Å². The molecular formula is C12H19BrN2O. The van der Waals surface area contributed by atoms with E-state index < -0.39 is 0 Å². The molecule has 0 bridgehead atoms. The lowest BCUT2D eigenvalue weighted by Crippen LogP contribution is -2.27. The van der Waals surface area contributed by atoms with Crippen molar-refractivity contribution in [2.75, 3.05) is 19.7 Å². The van der Waals surface area contributed by atoms with Gasteiger partial charge in [0.1, 0.15) is 0 Å². The second-order valence-corrected chi connectivity index (χ2v) is 4.74.